The molecule has 0 spiro atoms. The van der Waals surface area contributed by atoms with Crippen LogP contribution in [-0.4, -0.2) is 0 Å². The number of rotatable bonds is 2. The largest absolute Gasteiger partial charge is 0.455 e. The highest BCUT2D eigenvalue weighted by Gasteiger charge is 2.52. The summed E-state index contributed by atoms with van der Waals surface area (Å²) in [5.41, 5.74) is 7.18. The van der Waals surface area contributed by atoms with E-state index in [9.17, 15) is 0 Å². The van der Waals surface area contributed by atoms with Crippen LogP contribution in [0.4, 0.5) is 0 Å². The number of aromatic nitrogens is 1. The first kappa shape index (κ1) is 20.3. The van der Waals surface area contributed by atoms with Crippen molar-refractivity contribution in [3.63, 3.8) is 0 Å². The monoisotopic (exact) mass is 460 g/mol. The van der Waals surface area contributed by atoms with Gasteiger partial charge in [-0.1, -0.05) is 31.2 Å². The third-order valence-electron chi connectivity index (χ3n) is 10.2. The van der Waals surface area contributed by atoms with E-state index in [1.165, 1.54) is 82.5 Å². The maximum Gasteiger partial charge on any atom is 0.228 e. The zero-order chi connectivity index (χ0) is 23.5. The van der Waals surface area contributed by atoms with E-state index in [2.05, 4.69) is 74.1 Å². The second kappa shape index (κ2) is 6.87. The van der Waals surface area contributed by atoms with Gasteiger partial charge in [-0.05, 0) is 114 Å². The molecular formula is C33H34NO+. The minimum Gasteiger partial charge on any atom is -0.455 e. The number of hydrogen-bond acceptors (Lipinski definition) is 1. The van der Waals surface area contributed by atoms with Gasteiger partial charge in [0, 0.05) is 11.6 Å². The number of pyridine rings is 1. The number of hydrogen-bond donors (Lipinski definition) is 0. The van der Waals surface area contributed by atoms with Crippen LogP contribution in [0.1, 0.15) is 62.1 Å². The van der Waals surface area contributed by atoms with Crippen LogP contribution in [0.15, 0.2) is 48.7 Å². The lowest BCUT2D eigenvalue weighted by Gasteiger charge is -2.57. The van der Waals surface area contributed by atoms with Gasteiger partial charge in [-0.25, -0.2) is 4.57 Å². The van der Waals surface area contributed by atoms with Gasteiger partial charge < -0.3 is 4.74 Å². The van der Waals surface area contributed by atoms with Gasteiger partial charge in [0.2, 0.25) is 5.69 Å². The maximum absolute atomic E-state index is 7.01. The lowest BCUT2D eigenvalue weighted by Crippen LogP contribution is -2.48. The maximum atomic E-state index is 7.01. The summed E-state index contributed by atoms with van der Waals surface area (Å²) in [4.78, 5) is 0. The molecule has 4 fully saturated rings. The second-order valence-corrected chi connectivity index (χ2v) is 12.2. The molecule has 0 saturated heterocycles. The van der Waals surface area contributed by atoms with Crippen LogP contribution in [0.2, 0.25) is 0 Å². The van der Waals surface area contributed by atoms with Crippen molar-refractivity contribution in [1.82, 2.24) is 0 Å². The van der Waals surface area contributed by atoms with Crippen LogP contribution in [-0.2, 0) is 18.9 Å². The Morgan fingerprint density at radius 3 is 2.31 bits per heavy atom. The average molecular weight is 461 g/mol. The molecule has 1 aliphatic heterocycles. The molecule has 0 atom stereocenters. The van der Waals surface area contributed by atoms with Crippen LogP contribution in [0, 0.1) is 24.7 Å². The highest BCUT2D eigenvalue weighted by molar-refractivity contribution is 6.06. The van der Waals surface area contributed by atoms with Gasteiger partial charge in [-0.2, -0.15) is 0 Å². The zero-order valence-corrected chi connectivity index (χ0v) is 21.2. The molecule has 0 amide bonds. The Morgan fingerprint density at radius 1 is 0.943 bits per heavy atom. The summed E-state index contributed by atoms with van der Waals surface area (Å²) in [5, 5.41) is 5.31. The Labute approximate surface area is 207 Å². The summed E-state index contributed by atoms with van der Waals surface area (Å²) in [6.07, 6.45) is 11.8. The predicted octanol–water partition coefficient (Wildman–Crippen LogP) is 7.93. The Hall–Kier alpha value is -2.87. The summed E-state index contributed by atoms with van der Waals surface area (Å²) in [6.45, 7) is 4.54. The first-order valence-electron chi connectivity index (χ1n) is 13.7. The van der Waals surface area contributed by atoms with Crippen molar-refractivity contribution in [3.8, 4) is 22.8 Å². The van der Waals surface area contributed by atoms with Crippen LogP contribution in [0.25, 0.3) is 32.8 Å². The van der Waals surface area contributed by atoms with Crippen LogP contribution in [0.3, 0.4) is 0 Å². The van der Waals surface area contributed by atoms with E-state index < -0.39 is 0 Å². The number of nitrogens with zero attached hydrogens (tertiary/aromatic N) is 1. The van der Waals surface area contributed by atoms with Crippen molar-refractivity contribution in [2.24, 2.45) is 24.8 Å². The molecule has 0 unspecified atom stereocenters. The average Bonchev–Trinajstić information content (AvgIpc) is 2.85. The second-order valence-electron chi connectivity index (χ2n) is 12.2. The van der Waals surface area contributed by atoms with Crippen LogP contribution >= 0.6 is 0 Å². The van der Waals surface area contributed by atoms with Crippen molar-refractivity contribution in [1.29, 1.82) is 0 Å². The molecule has 4 saturated carbocycles. The number of aryl methyl sites for hydroxylation is 3. The highest BCUT2D eigenvalue weighted by Crippen LogP contribution is 2.62. The van der Waals surface area contributed by atoms with E-state index in [-0.39, 0.29) is 0 Å². The molecule has 9 rings (SSSR count). The van der Waals surface area contributed by atoms with E-state index in [0.29, 0.717) is 5.41 Å². The summed E-state index contributed by atoms with van der Waals surface area (Å²) in [6, 6.07) is 16.2. The molecule has 2 heterocycles. The molecule has 0 radical (unpaired) electrons. The van der Waals surface area contributed by atoms with E-state index in [0.717, 1.165) is 35.7 Å². The number of benzene rings is 3. The fourth-order valence-corrected chi connectivity index (χ4v) is 9.13. The van der Waals surface area contributed by atoms with Crippen molar-refractivity contribution < 1.29 is 9.30 Å². The van der Waals surface area contributed by atoms with Crippen LogP contribution < -0.4 is 9.30 Å². The van der Waals surface area contributed by atoms with Gasteiger partial charge in [0.15, 0.2) is 6.20 Å². The fourth-order valence-electron chi connectivity index (χ4n) is 9.13. The van der Waals surface area contributed by atoms with Gasteiger partial charge in [0.1, 0.15) is 18.5 Å². The molecule has 2 nitrogen and oxygen atoms in total. The Morgan fingerprint density at radius 2 is 1.63 bits per heavy atom. The Balaban J connectivity index is 1.41. The molecule has 5 aliphatic rings. The molecule has 1 aromatic heterocycles. The smallest absolute Gasteiger partial charge is 0.228 e. The highest BCUT2D eigenvalue weighted by atomic mass is 16.5. The molecular weight excluding hydrogens is 426 g/mol. The topological polar surface area (TPSA) is 13.1 Å². The third-order valence-corrected chi connectivity index (χ3v) is 10.2. The van der Waals surface area contributed by atoms with Gasteiger partial charge in [-0.3, -0.25) is 0 Å². The molecule has 35 heavy (non-hydrogen) atoms. The van der Waals surface area contributed by atoms with E-state index in [1.807, 2.05) is 0 Å². The standard InChI is InChI=1S/C33H34NO/c1-4-25-27-8-6-5-7-26(27)19(2)29-31-30-23(9-10-34(31)3)14-24(15-28(30)35-32(25)29)33-16-20-11-21(17-33)13-22(12-20)18-33/h5-10,14-15,20-22H,4,11-13,16-18H2,1-3H3/q+1. The Bertz CT molecular complexity index is 1530. The lowest BCUT2D eigenvalue weighted by atomic mass is 9.48. The molecule has 176 valence electrons. The summed E-state index contributed by atoms with van der Waals surface area (Å²) < 4.78 is 9.32. The van der Waals surface area contributed by atoms with Gasteiger partial charge in [0.05, 0.1) is 10.9 Å². The van der Waals surface area contributed by atoms with Crippen molar-refractivity contribution >= 4 is 21.5 Å². The first-order valence-corrected chi connectivity index (χ1v) is 13.7. The van der Waals surface area contributed by atoms with Crippen molar-refractivity contribution in [2.75, 3.05) is 0 Å². The SMILES string of the molecule is CCc1c2c(c(C)c3ccccc13)-c1c3c(cc(C45CC6CC(CC(C6)C4)C5)cc3cc[n+]1C)O2. The van der Waals surface area contributed by atoms with Gasteiger partial charge in [0.25, 0.3) is 0 Å². The fraction of sp³-hybridized carbons (Fsp3) is 0.424. The summed E-state index contributed by atoms with van der Waals surface area (Å²) in [5.74, 6) is 5.00. The van der Waals surface area contributed by atoms with Crippen molar-refractivity contribution in [3.05, 3.63) is 65.4 Å². The normalized spacial score (nSPS) is 27.9. The van der Waals surface area contributed by atoms with E-state index >= 15 is 0 Å². The number of fused-ring (bicyclic) bond motifs is 3. The van der Waals surface area contributed by atoms with E-state index in [4.69, 9.17) is 4.74 Å². The minimum atomic E-state index is 0.369. The third kappa shape index (κ3) is 2.63. The zero-order valence-electron chi connectivity index (χ0n) is 21.2. The van der Waals surface area contributed by atoms with Crippen LogP contribution in [0.5, 0.6) is 11.5 Å². The van der Waals surface area contributed by atoms with Crippen molar-refractivity contribution in [2.45, 2.75) is 64.2 Å². The quantitative estimate of drug-likeness (QED) is 0.244. The molecule has 2 heteroatoms. The first-order chi connectivity index (χ1) is 17.0. The van der Waals surface area contributed by atoms with E-state index in [1.54, 1.807) is 5.56 Å². The van der Waals surface area contributed by atoms with Gasteiger partial charge >= 0.3 is 0 Å². The summed E-state index contributed by atoms with van der Waals surface area (Å²) in [7, 11) is 2.20. The minimum absolute atomic E-state index is 0.369. The predicted molar refractivity (Wildman–Crippen MR) is 142 cm³/mol. The molecule has 4 aliphatic carbocycles. The summed E-state index contributed by atoms with van der Waals surface area (Å²) >= 11 is 0. The van der Waals surface area contributed by atoms with Gasteiger partial charge in [-0.15, -0.1) is 0 Å². The number of ether oxygens (including phenoxy) is 1. The molecule has 0 N–H and O–H groups in total. The molecule has 4 bridgehead atoms. The molecule has 4 aromatic rings. The lowest BCUT2D eigenvalue weighted by molar-refractivity contribution is -0.659. The Kier molecular flexibility index (Phi) is 3.99. The molecule has 3 aromatic carbocycles.